The minimum absolute atomic E-state index is 0.00808. The van der Waals surface area contributed by atoms with Crippen LogP contribution >= 0.6 is 38.5 Å². The van der Waals surface area contributed by atoms with Crippen molar-refractivity contribution in [3.05, 3.63) is 91.5 Å². The van der Waals surface area contributed by atoms with Gasteiger partial charge in [0.2, 0.25) is 0 Å². The molecule has 32 heavy (non-hydrogen) atoms. The molecule has 0 atom stereocenters. The molecule has 1 N–H and O–H groups in total. The van der Waals surface area contributed by atoms with Gasteiger partial charge in [0.15, 0.2) is 0 Å². The molecular weight excluding hydrogens is 583 g/mol. The number of hydrogen-bond donors (Lipinski definition) is 1. The van der Waals surface area contributed by atoms with Crippen LogP contribution in [0, 0.1) is 14.9 Å². The predicted octanol–water partition coefficient (Wildman–Crippen LogP) is 6.58. The molecule has 0 radical (unpaired) electrons. The summed E-state index contributed by atoms with van der Waals surface area (Å²) in [6.45, 7) is 2.86. The van der Waals surface area contributed by atoms with Gasteiger partial charge in [0.25, 0.3) is 5.91 Å². The Bertz CT molecular complexity index is 1170. The summed E-state index contributed by atoms with van der Waals surface area (Å²) in [6, 6.07) is 22.5. The fourth-order valence-corrected chi connectivity index (χ4v) is 3.68. The number of carbonyl (C=O) groups is 1. The number of amides is 1. The van der Waals surface area contributed by atoms with Gasteiger partial charge in [-0.3, -0.25) is 4.79 Å². The normalized spacial score (nSPS) is 10.9. The average Bonchev–Trinajstić information content (AvgIpc) is 2.78. The van der Waals surface area contributed by atoms with Crippen LogP contribution < -0.4 is 14.8 Å². The van der Waals surface area contributed by atoms with E-state index < -0.39 is 5.91 Å². The van der Waals surface area contributed by atoms with Gasteiger partial charge >= 0.3 is 0 Å². The first-order chi connectivity index (χ1) is 15.5. The molecule has 0 saturated heterocycles. The van der Waals surface area contributed by atoms with Crippen LogP contribution in [0.25, 0.3) is 6.08 Å². The molecule has 3 rings (SSSR count). The molecule has 0 saturated carbocycles. The highest BCUT2D eigenvalue weighted by Gasteiger charge is 2.11. The van der Waals surface area contributed by atoms with Gasteiger partial charge in [0, 0.05) is 15.3 Å². The van der Waals surface area contributed by atoms with Crippen molar-refractivity contribution in [3.63, 3.8) is 0 Å². The van der Waals surface area contributed by atoms with Gasteiger partial charge in [-0.1, -0.05) is 24.3 Å². The lowest BCUT2D eigenvalue weighted by Gasteiger charge is -2.10. The standard InChI is InChI=1S/C25H20BrIN2O3/c1-2-31-22-5-3-4-21(14-22)29-25(30)19(15-28)12-18-8-11-24(23(26)13-18)32-16-17-6-9-20(27)10-7-17/h3-14H,2,16H2,1H3,(H,29,30)/b19-12-. The second-order valence-electron chi connectivity index (χ2n) is 6.69. The van der Waals surface area contributed by atoms with Crippen molar-refractivity contribution in [1.82, 2.24) is 0 Å². The fourth-order valence-electron chi connectivity index (χ4n) is 2.81. The number of ether oxygens (including phenoxy) is 2. The quantitative estimate of drug-likeness (QED) is 0.180. The van der Waals surface area contributed by atoms with Crippen LogP contribution in [0.4, 0.5) is 5.69 Å². The highest BCUT2D eigenvalue weighted by molar-refractivity contribution is 14.1. The molecule has 0 aliphatic rings. The van der Waals surface area contributed by atoms with E-state index >= 15 is 0 Å². The van der Waals surface area contributed by atoms with Crippen molar-refractivity contribution in [2.24, 2.45) is 0 Å². The van der Waals surface area contributed by atoms with E-state index in [9.17, 15) is 10.1 Å². The lowest BCUT2D eigenvalue weighted by Crippen LogP contribution is -2.13. The fraction of sp³-hybridized carbons (Fsp3) is 0.120. The largest absolute Gasteiger partial charge is 0.494 e. The number of anilines is 1. The minimum atomic E-state index is -0.490. The third kappa shape index (κ3) is 6.84. The number of nitrogens with one attached hydrogen (secondary N) is 1. The topological polar surface area (TPSA) is 71.3 Å². The maximum Gasteiger partial charge on any atom is 0.266 e. The van der Waals surface area contributed by atoms with E-state index in [-0.39, 0.29) is 5.57 Å². The van der Waals surface area contributed by atoms with Gasteiger partial charge < -0.3 is 14.8 Å². The van der Waals surface area contributed by atoms with Crippen molar-refractivity contribution in [2.75, 3.05) is 11.9 Å². The lowest BCUT2D eigenvalue weighted by molar-refractivity contribution is -0.112. The van der Waals surface area contributed by atoms with Crippen LogP contribution in [0.5, 0.6) is 11.5 Å². The summed E-state index contributed by atoms with van der Waals surface area (Å²) in [5, 5.41) is 12.2. The van der Waals surface area contributed by atoms with Crippen molar-refractivity contribution in [2.45, 2.75) is 13.5 Å². The minimum Gasteiger partial charge on any atom is -0.494 e. The van der Waals surface area contributed by atoms with Crippen LogP contribution in [0.15, 0.2) is 76.8 Å². The summed E-state index contributed by atoms with van der Waals surface area (Å²) in [6.07, 6.45) is 1.54. The molecule has 3 aromatic carbocycles. The molecule has 3 aromatic rings. The summed E-state index contributed by atoms with van der Waals surface area (Å²) < 4.78 is 13.2. The second-order valence-corrected chi connectivity index (χ2v) is 8.79. The maximum absolute atomic E-state index is 12.6. The number of nitrogens with zero attached hydrogens (tertiary/aromatic N) is 1. The SMILES string of the molecule is CCOc1cccc(NC(=O)/C(C#N)=C\c2ccc(OCc3ccc(I)cc3)c(Br)c2)c1. The summed E-state index contributed by atoms with van der Waals surface area (Å²) in [4.78, 5) is 12.6. The van der Waals surface area contributed by atoms with Crippen molar-refractivity contribution >= 4 is 56.2 Å². The molecule has 0 spiro atoms. The molecule has 0 unspecified atom stereocenters. The van der Waals surface area contributed by atoms with Crippen molar-refractivity contribution in [3.8, 4) is 17.6 Å². The zero-order chi connectivity index (χ0) is 22.9. The Morgan fingerprint density at radius 1 is 1.12 bits per heavy atom. The van der Waals surface area contributed by atoms with E-state index in [2.05, 4.69) is 43.8 Å². The third-order valence-corrected chi connectivity index (χ3v) is 5.68. The molecule has 162 valence electrons. The van der Waals surface area contributed by atoms with E-state index in [0.29, 0.717) is 36.0 Å². The van der Waals surface area contributed by atoms with Gasteiger partial charge in [0.05, 0.1) is 11.1 Å². The van der Waals surface area contributed by atoms with Gasteiger partial charge in [0.1, 0.15) is 29.7 Å². The molecule has 0 aliphatic heterocycles. The first-order valence-corrected chi connectivity index (χ1v) is 11.7. The Hall–Kier alpha value is -2.83. The molecular formula is C25H20BrIN2O3. The van der Waals surface area contributed by atoms with Crippen molar-refractivity contribution in [1.29, 1.82) is 5.26 Å². The van der Waals surface area contributed by atoms with E-state index in [0.717, 1.165) is 10.0 Å². The molecule has 0 heterocycles. The number of halogens is 2. The Labute approximate surface area is 209 Å². The number of benzene rings is 3. The van der Waals surface area contributed by atoms with Gasteiger partial charge in [-0.2, -0.15) is 5.26 Å². The van der Waals surface area contributed by atoms with Crippen LogP contribution in [0.3, 0.4) is 0 Å². The summed E-state index contributed by atoms with van der Waals surface area (Å²) in [7, 11) is 0. The third-order valence-electron chi connectivity index (χ3n) is 4.34. The van der Waals surface area contributed by atoms with Crippen LogP contribution in [-0.2, 0) is 11.4 Å². The van der Waals surface area contributed by atoms with Crippen LogP contribution in [-0.4, -0.2) is 12.5 Å². The Kier molecular flexibility index (Phi) is 8.71. The van der Waals surface area contributed by atoms with Crippen LogP contribution in [0.2, 0.25) is 0 Å². The van der Waals surface area contributed by atoms with E-state index in [4.69, 9.17) is 9.47 Å². The number of rotatable bonds is 8. The average molecular weight is 603 g/mol. The second kappa shape index (κ2) is 11.7. The van der Waals surface area contributed by atoms with Gasteiger partial charge in [-0.15, -0.1) is 0 Å². The zero-order valence-electron chi connectivity index (χ0n) is 17.3. The predicted molar refractivity (Wildman–Crippen MR) is 137 cm³/mol. The molecule has 1 amide bonds. The first-order valence-electron chi connectivity index (χ1n) is 9.81. The zero-order valence-corrected chi connectivity index (χ0v) is 21.0. The molecule has 0 fully saturated rings. The highest BCUT2D eigenvalue weighted by atomic mass is 127. The van der Waals surface area contributed by atoms with Gasteiger partial charge in [-0.05, 0) is 99.0 Å². The van der Waals surface area contributed by atoms with E-state index in [1.807, 2.05) is 43.3 Å². The summed E-state index contributed by atoms with van der Waals surface area (Å²) >= 11 is 5.77. The van der Waals surface area contributed by atoms with Crippen molar-refractivity contribution < 1.29 is 14.3 Å². The Balaban J connectivity index is 1.69. The molecule has 5 nitrogen and oxygen atoms in total. The lowest BCUT2D eigenvalue weighted by atomic mass is 10.1. The number of hydrogen-bond acceptors (Lipinski definition) is 4. The first kappa shape index (κ1) is 23.8. The Morgan fingerprint density at radius 3 is 2.59 bits per heavy atom. The summed E-state index contributed by atoms with van der Waals surface area (Å²) in [5.74, 6) is 0.838. The molecule has 7 heteroatoms. The van der Waals surface area contributed by atoms with Gasteiger partial charge in [-0.25, -0.2) is 0 Å². The van der Waals surface area contributed by atoms with E-state index in [1.54, 1.807) is 36.4 Å². The monoisotopic (exact) mass is 602 g/mol. The van der Waals surface area contributed by atoms with Crippen LogP contribution in [0.1, 0.15) is 18.1 Å². The molecule has 0 bridgehead atoms. The number of nitriles is 1. The summed E-state index contributed by atoms with van der Waals surface area (Å²) in [5.41, 5.74) is 2.32. The smallest absolute Gasteiger partial charge is 0.266 e. The number of carbonyl (C=O) groups excluding carboxylic acids is 1. The molecule has 0 aliphatic carbocycles. The maximum atomic E-state index is 12.6. The highest BCUT2D eigenvalue weighted by Crippen LogP contribution is 2.28. The Morgan fingerprint density at radius 2 is 1.91 bits per heavy atom. The van der Waals surface area contributed by atoms with E-state index in [1.165, 1.54) is 9.65 Å². The molecule has 0 aromatic heterocycles.